The van der Waals surface area contributed by atoms with Crippen molar-refractivity contribution in [2.45, 2.75) is 34.1 Å². The third kappa shape index (κ3) is 3.64. The average Bonchev–Trinajstić information content (AvgIpc) is 2.39. The third-order valence-electron chi connectivity index (χ3n) is 3.24. The second-order valence-corrected chi connectivity index (χ2v) is 7.30. The minimum absolute atomic E-state index is 0.494. The van der Waals surface area contributed by atoms with E-state index in [9.17, 15) is 0 Å². The van der Waals surface area contributed by atoms with Gasteiger partial charge in [-0.15, -0.1) is 0 Å². The summed E-state index contributed by atoms with van der Waals surface area (Å²) in [7, 11) is 0. The van der Waals surface area contributed by atoms with Crippen LogP contribution in [-0.4, -0.2) is 9.97 Å². The van der Waals surface area contributed by atoms with E-state index in [-0.39, 0.29) is 0 Å². The van der Waals surface area contributed by atoms with Gasteiger partial charge in [0, 0.05) is 10.0 Å². The molecule has 0 spiro atoms. The lowest BCUT2D eigenvalue weighted by Crippen LogP contribution is -2.06. The summed E-state index contributed by atoms with van der Waals surface area (Å²) < 4.78 is 1.93. The number of aryl methyl sites for hydroxylation is 2. The Kier molecular flexibility index (Phi) is 5.04. The van der Waals surface area contributed by atoms with Crippen LogP contribution in [0, 0.1) is 19.8 Å². The van der Waals surface area contributed by atoms with Gasteiger partial charge in [0.15, 0.2) is 5.82 Å². The van der Waals surface area contributed by atoms with Crippen LogP contribution in [-0.2, 0) is 6.42 Å². The molecule has 0 fully saturated rings. The number of nitrogens with two attached hydrogens (primary N) is 1. The summed E-state index contributed by atoms with van der Waals surface area (Å²) in [5.41, 5.74) is 10.3. The summed E-state index contributed by atoms with van der Waals surface area (Å²) in [4.78, 5) is 9.13. The molecule has 0 unspecified atom stereocenters. The van der Waals surface area contributed by atoms with Crippen molar-refractivity contribution in [2.75, 3.05) is 5.73 Å². The molecule has 0 bridgehead atoms. The van der Waals surface area contributed by atoms with Crippen LogP contribution in [0.4, 0.5) is 5.82 Å². The first-order valence-corrected chi connectivity index (χ1v) is 8.47. The standard InChI is InChI=1S/C16H19Br2N3/c1-8(2)5-12-14(18)15(19)21-16(20-12)11-6-9(3)13(17)10(4)7-11/h6-8H,5H2,1-4H3,(H2,19,20,21). The van der Waals surface area contributed by atoms with Crippen molar-refractivity contribution in [3.05, 3.63) is 37.9 Å². The van der Waals surface area contributed by atoms with E-state index in [1.54, 1.807) is 0 Å². The van der Waals surface area contributed by atoms with E-state index in [1.165, 1.54) is 11.1 Å². The van der Waals surface area contributed by atoms with Crippen LogP contribution in [0.1, 0.15) is 30.7 Å². The van der Waals surface area contributed by atoms with Gasteiger partial charge in [-0.1, -0.05) is 29.8 Å². The Bertz CT molecular complexity index is 658. The molecule has 0 saturated carbocycles. The van der Waals surface area contributed by atoms with Gasteiger partial charge in [-0.25, -0.2) is 9.97 Å². The van der Waals surface area contributed by atoms with Crippen molar-refractivity contribution in [3.63, 3.8) is 0 Å². The van der Waals surface area contributed by atoms with Gasteiger partial charge in [0.25, 0.3) is 0 Å². The van der Waals surface area contributed by atoms with Gasteiger partial charge in [-0.2, -0.15) is 0 Å². The molecule has 0 amide bonds. The van der Waals surface area contributed by atoms with Crippen molar-refractivity contribution in [1.29, 1.82) is 0 Å². The summed E-state index contributed by atoms with van der Waals surface area (Å²) >= 11 is 7.08. The van der Waals surface area contributed by atoms with Crippen molar-refractivity contribution < 1.29 is 0 Å². The Balaban J connectivity index is 2.57. The maximum absolute atomic E-state index is 6.03. The predicted octanol–water partition coefficient (Wildman–Crippen LogP) is 5.07. The summed E-state index contributed by atoms with van der Waals surface area (Å²) in [6, 6.07) is 4.16. The Morgan fingerprint density at radius 3 is 2.14 bits per heavy atom. The summed E-state index contributed by atoms with van der Waals surface area (Å²) in [6.45, 7) is 8.46. The third-order valence-corrected chi connectivity index (χ3v) is 5.36. The predicted molar refractivity (Wildman–Crippen MR) is 95.3 cm³/mol. The summed E-state index contributed by atoms with van der Waals surface area (Å²) in [6.07, 6.45) is 0.870. The number of rotatable bonds is 3. The highest BCUT2D eigenvalue weighted by Gasteiger charge is 2.14. The van der Waals surface area contributed by atoms with E-state index < -0.39 is 0 Å². The number of benzene rings is 1. The molecule has 0 atom stereocenters. The van der Waals surface area contributed by atoms with Crippen molar-refractivity contribution in [2.24, 2.45) is 5.92 Å². The first kappa shape index (κ1) is 16.4. The van der Waals surface area contributed by atoms with Crippen LogP contribution >= 0.6 is 31.9 Å². The molecule has 3 nitrogen and oxygen atoms in total. The maximum atomic E-state index is 6.03. The van der Waals surface area contributed by atoms with E-state index in [2.05, 4.69) is 76.7 Å². The van der Waals surface area contributed by atoms with E-state index in [1.807, 2.05) is 0 Å². The molecule has 0 aliphatic heterocycles. The molecule has 1 aromatic heterocycles. The zero-order chi connectivity index (χ0) is 15.7. The fourth-order valence-corrected chi connectivity index (χ4v) is 2.81. The highest BCUT2D eigenvalue weighted by atomic mass is 79.9. The Morgan fingerprint density at radius 1 is 1.05 bits per heavy atom. The highest BCUT2D eigenvalue weighted by Crippen LogP contribution is 2.30. The Hall–Kier alpha value is -0.940. The van der Waals surface area contributed by atoms with Crippen molar-refractivity contribution >= 4 is 37.7 Å². The zero-order valence-electron chi connectivity index (χ0n) is 12.7. The average molecular weight is 413 g/mol. The Morgan fingerprint density at radius 2 is 1.62 bits per heavy atom. The summed E-state index contributed by atoms with van der Waals surface area (Å²) in [5.74, 6) is 1.69. The topological polar surface area (TPSA) is 51.8 Å². The van der Waals surface area contributed by atoms with Gasteiger partial charge in [0.05, 0.1) is 10.2 Å². The molecule has 2 rings (SSSR count). The van der Waals surface area contributed by atoms with Gasteiger partial charge < -0.3 is 5.73 Å². The Labute approximate surface area is 142 Å². The van der Waals surface area contributed by atoms with Crippen LogP contribution in [0.2, 0.25) is 0 Å². The largest absolute Gasteiger partial charge is 0.383 e. The molecule has 21 heavy (non-hydrogen) atoms. The van der Waals surface area contributed by atoms with E-state index >= 15 is 0 Å². The first-order chi connectivity index (χ1) is 9.79. The van der Waals surface area contributed by atoms with Gasteiger partial charge in [0.2, 0.25) is 0 Å². The molecule has 112 valence electrons. The quantitative estimate of drug-likeness (QED) is 0.765. The van der Waals surface area contributed by atoms with Crippen LogP contribution in [0.15, 0.2) is 21.1 Å². The molecule has 0 radical (unpaired) electrons. The van der Waals surface area contributed by atoms with Crippen molar-refractivity contribution in [1.82, 2.24) is 9.97 Å². The van der Waals surface area contributed by atoms with E-state index in [0.29, 0.717) is 17.6 Å². The van der Waals surface area contributed by atoms with E-state index in [4.69, 9.17) is 10.7 Å². The smallest absolute Gasteiger partial charge is 0.161 e. The number of aromatic nitrogens is 2. The number of halogens is 2. The van der Waals surface area contributed by atoms with Crippen molar-refractivity contribution in [3.8, 4) is 11.4 Å². The number of nitrogen functional groups attached to an aromatic ring is 1. The normalized spacial score (nSPS) is 11.2. The number of hydrogen-bond acceptors (Lipinski definition) is 3. The molecule has 1 heterocycles. The lowest BCUT2D eigenvalue weighted by Gasteiger charge is -2.12. The SMILES string of the molecule is Cc1cc(-c2nc(N)c(Br)c(CC(C)C)n2)cc(C)c1Br. The lowest BCUT2D eigenvalue weighted by atomic mass is 10.1. The molecule has 2 aromatic rings. The summed E-state index contributed by atoms with van der Waals surface area (Å²) in [5, 5.41) is 0. The lowest BCUT2D eigenvalue weighted by molar-refractivity contribution is 0.633. The molecule has 0 aliphatic carbocycles. The van der Waals surface area contributed by atoms with Crippen LogP contribution in [0.3, 0.4) is 0 Å². The van der Waals surface area contributed by atoms with Crippen LogP contribution in [0.5, 0.6) is 0 Å². The number of anilines is 1. The fraction of sp³-hybridized carbons (Fsp3) is 0.375. The van der Waals surface area contributed by atoms with Gasteiger partial charge in [0.1, 0.15) is 5.82 Å². The van der Waals surface area contributed by atoms with E-state index in [0.717, 1.165) is 26.6 Å². The second kappa shape index (κ2) is 6.44. The molecule has 1 aromatic carbocycles. The molecule has 0 aliphatic rings. The monoisotopic (exact) mass is 411 g/mol. The van der Waals surface area contributed by atoms with Gasteiger partial charge in [-0.05, 0) is 65.4 Å². The van der Waals surface area contributed by atoms with Crippen LogP contribution < -0.4 is 5.73 Å². The van der Waals surface area contributed by atoms with Crippen LogP contribution in [0.25, 0.3) is 11.4 Å². The number of hydrogen-bond donors (Lipinski definition) is 1. The minimum atomic E-state index is 0.494. The molecule has 2 N–H and O–H groups in total. The molecular formula is C16H19Br2N3. The number of nitrogens with zero attached hydrogens (tertiary/aromatic N) is 2. The molecular weight excluding hydrogens is 394 g/mol. The first-order valence-electron chi connectivity index (χ1n) is 6.88. The minimum Gasteiger partial charge on any atom is -0.383 e. The second-order valence-electron chi connectivity index (χ2n) is 5.72. The molecule has 0 saturated heterocycles. The zero-order valence-corrected chi connectivity index (χ0v) is 15.8. The fourth-order valence-electron chi connectivity index (χ4n) is 2.24. The van der Waals surface area contributed by atoms with Gasteiger partial charge >= 0.3 is 0 Å². The highest BCUT2D eigenvalue weighted by molar-refractivity contribution is 9.11. The van der Waals surface area contributed by atoms with Gasteiger partial charge in [-0.3, -0.25) is 0 Å². The maximum Gasteiger partial charge on any atom is 0.161 e. The molecule has 5 heteroatoms.